The van der Waals surface area contributed by atoms with Gasteiger partial charge in [0.25, 0.3) is 0 Å². The highest BCUT2D eigenvalue weighted by Crippen LogP contribution is 2.26. The summed E-state index contributed by atoms with van der Waals surface area (Å²) in [5.74, 6) is -1.45. The molecule has 0 saturated carbocycles. The number of carbonyl (C=O) groups is 1. The van der Waals surface area contributed by atoms with Crippen LogP contribution >= 0.6 is 0 Å². The molecule has 2 aromatic rings. The lowest BCUT2D eigenvalue weighted by Gasteiger charge is -2.19. The van der Waals surface area contributed by atoms with E-state index < -0.39 is 22.0 Å². The van der Waals surface area contributed by atoms with Gasteiger partial charge in [-0.1, -0.05) is 38.1 Å². The normalized spacial score (nSPS) is 13.0. The van der Waals surface area contributed by atoms with E-state index >= 15 is 0 Å². The van der Waals surface area contributed by atoms with Gasteiger partial charge in [-0.05, 0) is 47.7 Å². The minimum absolute atomic E-state index is 0.0435. The van der Waals surface area contributed by atoms with Crippen molar-refractivity contribution in [2.75, 3.05) is 0 Å². The van der Waals surface area contributed by atoms with Gasteiger partial charge in [-0.25, -0.2) is 8.42 Å². The summed E-state index contributed by atoms with van der Waals surface area (Å²) in [5.41, 5.74) is 2.14. The lowest BCUT2D eigenvalue weighted by Crippen LogP contribution is -2.44. The van der Waals surface area contributed by atoms with Gasteiger partial charge in [-0.3, -0.25) is 4.79 Å². The number of hydrogen-bond donors (Lipinski definition) is 3. The molecule has 0 fully saturated rings. The van der Waals surface area contributed by atoms with Crippen LogP contribution in [0.3, 0.4) is 0 Å². The molecular formula is C18H21NO5S. The molecule has 0 aromatic heterocycles. The molecule has 0 aliphatic carbocycles. The summed E-state index contributed by atoms with van der Waals surface area (Å²) >= 11 is 0. The topological polar surface area (TPSA) is 104 Å². The molecule has 0 aliphatic heterocycles. The first-order valence-corrected chi connectivity index (χ1v) is 9.25. The number of nitrogens with one attached hydrogen (secondary N) is 1. The molecular weight excluding hydrogens is 342 g/mol. The maximum Gasteiger partial charge on any atom is 0.322 e. The van der Waals surface area contributed by atoms with Gasteiger partial charge in [0.1, 0.15) is 11.8 Å². The average Bonchev–Trinajstić information content (AvgIpc) is 2.52. The number of hydrogen-bond acceptors (Lipinski definition) is 4. The van der Waals surface area contributed by atoms with E-state index in [1.54, 1.807) is 57.2 Å². The molecule has 0 heterocycles. The summed E-state index contributed by atoms with van der Waals surface area (Å²) < 4.78 is 27.4. The third kappa shape index (κ3) is 4.37. The van der Waals surface area contributed by atoms with Crippen molar-refractivity contribution in [1.82, 2.24) is 4.72 Å². The van der Waals surface area contributed by atoms with Gasteiger partial charge in [0.2, 0.25) is 10.0 Å². The maximum absolute atomic E-state index is 12.6. The van der Waals surface area contributed by atoms with E-state index in [0.29, 0.717) is 5.56 Å². The van der Waals surface area contributed by atoms with Gasteiger partial charge in [-0.15, -0.1) is 0 Å². The molecule has 0 radical (unpaired) electrons. The molecule has 0 amide bonds. The van der Waals surface area contributed by atoms with E-state index in [9.17, 15) is 23.4 Å². The first-order valence-electron chi connectivity index (χ1n) is 7.77. The Morgan fingerprint density at radius 1 is 1.04 bits per heavy atom. The third-order valence-electron chi connectivity index (χ3n) is 3.88. The Kier molecular flexibility index (Phi) is 5.49. The molecule has 0 saturated heterocycles. The maximum atomic E-state index is 12.6. The van der Waals surface area contributed by atoms with Gasteiger partial charge in [0.15, 0.2) is 0 Å². The van der Waals surface area contributed by atoms with Crippen LogP contribution in [-0.2, 0) is 14.8 Å². The largest absolute Gasteiger partial charge is 0.508 e. The van der Waals surface area contributed by atoms with Crippen LogP contribution in [0.1, 0.15) is 19.4 Å². The average molecular weight is 363 g/mol. The Balaban J connectivity index is 2.36. The first-order chi connectivity index (χ1) is 11.6. The van der Waals surface area contributed by atoms with Crippen molar-refractivity contribution in [3.8, 4) is 16.9 Å². The van der Waals surface area contributed by atoms with Crippen molar-refractivity contribution >= 4 is 16.0 Å². The first kappa shape index (κ1) is 19.0. The van der Waals surface area contributed by atoms with E-state index in [1.165, 1.54) is 6.07 Å². The van der Waals surface area contributed by atoms with Crippen molar-refractivity contribution in [2.45, 2.75) is 31.7 Å². The van der Waals surface area contributed by atoms with Crippen LogP contribution in [0.25, 0.3) is 11.1 Å². The standard InChI is InChI=1S/C18H21NO5S/c1-11(2)17(18(21)22)19-25(23,24)16-9-6-14(10-12(16)3)13-4-7-15(20)8-5-13/h4-11,17,19-20H,1-3H3,(H,21,22). The minimum Gasteiger partial charge on any atom is -0.508 e. The molecule has 3 N–H and O–H groups in total. The smallest absolute Gasteiger partial charge is 0.322 e. The SMILES string of the molecule is Cc1cc(-c2ccc(O)cc2)ccc1S(=O)(=O)NC(C(=O)O)C(C)C. The number of carboxylic acid groups (broad SMARTS) is 1. The van der Waals surface area contributed by atoms with E-state index in [0.717, 1.165) is 11.1 Å². The van der Waals surface area contributed by atoms with Crippen LogP contribution in [0.4, 0.5) is 0 Å². The van der Waals surface area contributed by atoms with Crippen molar-refractivity contribution in [1.29, 1.82) is 0 Å². The highest BCUT2D eigenvalue weighted by atomic mass is 32.2. The molecule has 2 aromatic carbocycles. The number of phenolic OH excluding ortho intramolecular Hbond substituents is 1. The molecule has 2 rings (SSSR count). The van der Waals surface area contributed by atoms with Gasteiger partial charge >= 0.3 is 5.97 Å². The van der Waals surface area contributed by atoms with Crippen LogP contribution in [0.5, 0.6) is 5.75 Å². The fourth-order valence-electron chi connectivity index (χ4n) is 2.49. The Hall–Kier alpha value is -2.38. The van der Waals surface area contributed by atoms with Crippen molar-refractivity contribution < 1.29 is 23.4 Å². The van der Waals surface area contributed by atoms with E-state index in [4.69, 9.17) is 0 Å². The second-order valence-electron chi connectivity index (χ2n) is 6.21. The Morgan fingerprint density at radius 3 is 2.08 bits per heavy atom. The lowest BCUT2D eigenvalue weighted by atomic mass is 10.0. The zero-order valence-electron chi connectivity index (χ0n) is 14.2. The van der Waals surface area contributed by atoms with Gasteiger partial charge in [0.05, 0.1) is 4.90 Å². The van der Waals surface area contributed by atoms with Gasteiger partial charge in [-0.2, -0.15) is 4.72 Å². The molecule has 7 heteroatoms. The predicted octanol–water partition coefficient (Wildman–Crippen LogP) is 2.76. The molecule has 134 valence electrons. The van der Waals surface area contributed by atoms with Gasteiger partial charge in [0, 0.05) is 0 Å². The quantitative estimate of drug-likeness (QED) is 0.732. The summed E-state index contributed by atoms with van der Waals surface area (Å²) in [5, 5.41) is 18.5. The van der Waals surface area contributed by atoms with Crippen LogP contribution in [0.2, 0.25) is 0 Å². The summed E-state index contributed by atoms with van der Waals surface area (Å²) in [4.78, 5) is 11.3. The highest BCUT2D eigenvalue weighted by molar-refractivity contribution is 7.89. The predicted molar refractivity (Wildman–Crippen MR) is 94.9 cm³/mol. The zero-order valence-corrected chi connectivity index (χ0v) is 15.0. The fraction of sp³-hybridized carbons (Fsp3) is 0.278. The Labute approximate surface area is 147 Å². The monoisotopic (exact) mass is 363 g/mol. The van der Waals surface area contributed by atoms with Crippen LogP contribution in [0, 0.1) is 12.8 Å². The number of phenols is 1. The number of sulfonamides is 1. The second kappa shape index (κ2) is 7.25. The Morgan fingerprint density at radius 2 is 1.60 bits per heavy atom. The number of benzene rings is 2. The summed E-state index contributed by atoms with van der Waals surface area (Å²) in [6.45, 7) is 4.94. The van der Waals surface area contributed by atoms with Gasteiger partial charge < -0.3 is 10.2 Å². The molecule has 0 aliphatic rings. The fourth-order valence-corrected chi connectivity index (χ4v) is 4.05. The van der Waals surface area contributed by atoms with Crippen LogP contribution in [0.15, 0.2) is 47.4 Å². The lowest BCUT2D eigenvalue weighted by molar-refractivity contribution is -0.140. The summed E-state index contributed by atoms with van der Waals surface area (Å²) in [7, 11) is -3.96. The minimum atomic E-state index is -3.96. The van der Waals surface area contributed by atoms with Crippen LogP contribution in [-0.4, -0.2) is 30.6 Å². The molecule has 6 nitrogen and oxygen atoms in total. The van der Waals surface area contributed by atoms with Crippen molar-refractivity contribution in [3.63, 3.8) is 0 Å². The molecule has 25 heavy (non-hydrogen) atoms. The number of rotatable bonds is 6. The molecule has 0 bridgehead atoms. The van der Waals surface area contributed by atoms with Crippen molar-refractivity contribution in [2.24, 2.45) is 5.92 Å². The van der Waals surface area contributed by atoms with Crippen molar-refractivity contribution in [3.05, 3.63) is 48.0 Å². The molecule has 1 unspecified atom stereocenters. The third-order valence-corrected chi connectivity index (χ3v) is 5.48. The Bertz CT molecular complexity index is 873. The summed E-state index contributed by atoms with van der Waals surface area (Å²) in [6, 6.07) is 10.2. The number of aromatic hydroxyl groups is 1. The summed E-state index contributed by atoms with van der Waals surface area (Å²) in [6.07, 6.45) is 0. The number of aryl methyl sites for hydroxylation is 1. The van der Waals surface area contributed by atoms with E-state index in [2.05, 4.69) is 4.72 Å². The zero-order chi connectivity index (χ0) is 18.8. The van der Waals surface area contributed by atoms with E-state index in [1.807, 2.05) is 0 Å². The second-order valence-corrected chi connectivity index (χ2v) is 7.89. The van der Waals surface area contributed by atoms with E-state index in [-0.39, 0.29) is 16.6 Å². The number of aliphatic carboxylic acids is 1. The molecule has 0 spiro atoms. The van der Waals surface area contributed by atoms with Crippen LogP contribution < -0.4 is 4.72 Å². The molecule has 1 atom stereocenters. The highest BCUT2D eigenvalue weighted by Gasteiger charge is 2.28. The number of carboxylic acids is 1.